The van der Waals surface area contributed by atoms with E-state index < -0.39 is 36.0 Å². The maximum Gasteiger partial charge on any atom is 0.410 e. The monoisotopic (exact) mass is 685 g/mol. The second-order valence-electron chi connectivity index (χ2n) is 14.6. The van der Waals surface area contributed by atoms with E-state index >= 15 is 0 Å². The third-order valence-electron chi connectivity index (χ3n) is 10.3. The van der Waals surface area contributed by atoms with Crippen molar-refractivity contribution in [2.24, 2.45) is 11.8 Å². The highest BCUT2D eigenvalue weighted by Gasteiger charge is 2.37. The Balaban J connectivity index is 1.40. The fraction of sp³-hybridized carbons (Fsp3) is 0.711. The summed E-state index contributed by atoms with van der Waals surface area (Å²) in [5.41, 5.74) is -0.695. The van der Waals surface area contributed by atoms with Gasteiger partial charge in [0.2, 0.25) is 0 Å². The van der Waals surface area contributed by atoms with Crippen LogP contribution in [0.15, 0.2) is 48.1 Å². The van der Waals surface area contributed by atoms with Crippen LogP contribution in [0.1, 0.15) is 85.5 Å². The number of piperazine rings is 1. The molecule has 0 aromatic carbocycles. The highest BCUT2D eigenvalue weighted by molar-refractivity contribution is 5.70. The zero-order valence-electron chi connectivity index (χ0n) is 30.0. The SMILES string of the molecule is C/C(=C\C=C\[C@@H](C)COC(=O)N1CC=CC1)[C@H]1OC(=O)C[C@@H](O)CC[C@](C)(O)[C@@H](OC(=O)N2CCN(C3CCCCCC3)CC2)/C=C\[C@@H]1C. The lowest BCUT2D eigenvalue weighted by molar-refractivity contribution is -0.151. The van der Waals surface area contributed by atoms with Gasteiger partial charge in [0.1, 0.15) is 11.7 Å². The van der Waals surface area contributed by atoms with Gasteiger partial charge in [0.25, 0.3) is 0 Å². The molecule has 1 aliphatic carbocycles. The van der Waals surface area contributed by atoms with Crippen LogP contribution in [-0.2, 0) is 19.0 Å². The lowest BCUT2D eigenvalue weighted by atomic mass is 9.89. The fourth-order valence-corrected chi connectivity index (χ4v) is 7.00. The van der Waals surface area contributed by atoms with Gasteiger partial charge in [0.05, 0.1) is 19.1 Å². The number of aliphatic hydroxyl groups excluding tert-OH is 1. The van der Waals surface area contributed by atoms with Crippen LogP contribution in [0.4, 0.5) is 9.59 Å². The topological polar surface area (TPSA) is 129 Å². The van der Waals surface area contributed by atoms with Crippen LogP contribution >= 0.6 is 0 Å². The van der Waals surface area contributed by atoms with Gasteiger partial charge in [-0.25, -0.2) is 9.59 Å². The van der Waals surface area contributed by atoms with E-state index in [-0.39, 0.29) is 43.8 Å². The van der Waals surface area contributed by atoms with Crippen LogP contribution in [0.5, 0.6) is 0 Å². The van der Waals surface area contributed by atoms with Crippen molar-refractivity contribution in [3.05, 3.63) is 48.1 Å². The van der Waals surface area contributed by atoms with Crippen molar-refractivity contribution in [2.45, 2.75) is 115 Å². The molecule has 0 unspecified atom stereocenters. The van der Waals surface area contributed by atoms with Crippen molar-refractivity contribution in [1.29, 1.82) is 0 Å². The molecule has 2 N–H and O–H groups in total. The van der Waals surface area contributed by atoms with Crippen molar-refractivity contribution < 1.29 is 38.8 Å². The van der Waals surface area contributed by atoms with Gasteiger partial charge in [0.15, 0.2) is 6.10 Å². The number of allylic oxidation sites excluding steroid dienone is 2. The second-order valence-corrected chi connectivity index (χ2v) is 14.6. The first kappa shape index (κ1) is 38.6. The maximum atomic E-state index is 13.4. The van der Waals surface area contributed by atoms with E-state index in [1.807, 2.05) is 57.2 Å². The van der Waals surface area contributed by atoms with Crippen LogP contribution in [0.25, 0.3) is 0 Å². The van der Waals surface area contributed by atoms with Gasteiger partial charge in [-0.15, -0.1) is 0 Å². The molecule has 0 aromatic rings. The number of amides is 2. The zero-order chi connectivity index (χ0) is 35.4. The summed E-state index contributed by atoms with van der Waals surface area (Å²) in [5.74, 6) is -0.901. The summed E-state index contributed by atoms with van der Waals surface area (Å²) < 4.78 is 17.3. The summed E-state index contributed by atoms with van der Waals surface area (Å²) in [7, 11) is 0. The van der Waals surface area contributed by atoms with Crippen molar-refractivity contribution in [1.82, 2.24) is 14.7 Å². The Morgan fingerprint density at radius 2 is 1.69 bits per heavy atom. The first-order chi connectivity index (χ1) is 23.4. The molecule has 2 amide bonds. The quantitative estimate of drug-likeness (QED) is 0.119. The maximum absolute atomic E-state index is 13.4. The highest BCUT2D eigenvalue weighted by Crippen LogP contribution is 2.28. The average molecular weight is 686 g/mol. The molecule has 1 saturated carbocycles. The number of carbonyl (C=O) groups excluding carboxylic acids is 3. The molecule has 11 nitrogen and oxygen atoms in total. The van der Waals surface area contributed by atoms with Crippen molar-refractivity contribution in [3.63, 3.8) is 0 Å². The van der Waals surface area contributed by atoms with E-state index in [9.17, 15) is 24.6 Å². The number of aliphatic hydroxyl groups is 2. The van der Waals surface area contributed by atoms with Gasteiger partial charge >= 0.3 is 18.2 Å². The number of cyclic esters (lactones) is 1. The number of nitrogens with zero attached hydrogens (tertiary/aromatic N) is 3. The number of rotatable bonds is 7. The Bertz CT molecular complexity index is 1210. The summed E-state index contributed by atoms with van der Waals surface area (Å²) in [4.78, 5) is 44.3. The van der Waals surface area contributed by atoms with Crippen LogP contribution in [0, 0.1) is 11.8 Å². The lowest BCUT2D eigenvalue weighted by Gasteiger charge is -2.40. The van der Waals surface area contributed by atoms with Gasteiger partial charge < -0.3 is 34.2 Å². The van der Waals surface area contributed by atoms with E-state index in [4.69, 9.17) is 14.2 Å². The number of hydrogen-bond donors (Lipinski definition) is 2. The number of esters is 1. The number of carbonyl (C=O) groups is 3. The molecule has 6 atom stereocenters. The molecule has 0 spiro atoms. The predicted molar refractivity (Wildman–Crippen MR) is 188 cm³/mol. The van der Waals surface area contributed by atoms with E-state index in [1.165, 1.54) is 38.5 Å². The van der Waals surface area contributed by atoms with E-state index in [0.29, 0.717) is 32.2 Å². The van der Waals surface area contributed by atoms with Crippen LogP contribution < -0.4 is 0 Å². The number of ether oxygens (including phenoxy) is 3. The fourth-order valence-electron chi connectivity index (χ4n) is 7.00. The molecule has 11 heteroatoms. The first-order valence-electron chi connectivity index (χ1n) is 18.3. The molecule has 1 saturated heterocycles. The Morgan fingerprint density at radius 3 is 2.37 bits per heavy atom. The molecule has 4 rings (SSSR count). The molecule has 0 bridgehead atoms. The minimum absolute atomic E-state index is 0.0349. The Morgan fingerprint density at radius 1 is 1.02 bits per heavy atom. The van der Waals surface area contributed by atoms with Gasteiger partial charge in [-0.3, -0.25) is 9.69 Å². The minimum atomic E-state index is -1.47. The van der Waals surface area contributed by atoms with E-state index in [0.717, 1.165) is 18.7 Å². The first-order valence-corrected chi connectivity index (χ1v) is 18.3. The summed E-state index contributed by atoms with van der Waals surface area (Å²) in [6.45, 7) is 11.5. The molecule has 4 aliphatic rings. The van der Waals surface area contributed by atoms with Crippen LogP contribution in [-0.4, -0.2) is 119 Å². The largest absolute Gasteiger partial charge is 0.457 e. The predicted octanol–water partition coefficient (Wildman–Crippen LogP) is 5.38. The molecule has 2 fully saturated rings. The summed E-state index contributed by atoms with van der Waals surface area (Å²) in [6, 6.07) is 0.587. The summed E-state index contributed by atoms with van der Waals surface area (Å²) in [6.07, 6.45) is 17.2. The molecule has 0 aromatic heterocycles. The van der Waals surface area contributed by atoms with Gasteiger partial charge in [-0.05, 0) is 51.2 Å². The van der Waals surface area contributed by atoms with Crippen LogP contribution in [0.3, 0.4) is 0 Å². The molecule has 3 aliphatic heterocycles. The third-order valence-corrected chi connectivity index (χ3v) is 10.3. The van der Waals surface area contributed by atoms with Crippen molar-refractivity contribution >= 4 is 18.2 Å². The molecule has 49 heavy (non-hydrogen) atoms. The molecular formula is C38H59N3O8. The molecular weight excluding hydrogens is 626 g/mol. The lowest BCUT2D eigenvalue weighted by Crippen LogP contribution is -2.53. The van der Waals surface area contributed by atoms with Crippen LogP contribution in [0.2, 0.25) is 0 Å². The van der Waals surface area contributed by atoms with Crippen molar-refractivity contribution in [2.75, 3.05) is 45.9 Å². The van der Waals surface area contributed by atoms with Gasteiger partial charge in [0, 0.05) is 57.1 Å². The standard InChI is InChI=1S/C38H59N3O8/c1-28(27-47-36(44)40-20-9-10-21-40)12-11-13-29(2)35-30(3)16-17-33(38(4,46)19-18-32(42)26-34(43)49-35)48-37(45)41-24-22-39(23-25-41)31-14-7-5-6-8-15-31/h9-13,16-17,28,30-33,35,42,46H,5-8,14-15,18-27H2,1-4H3/b12-11+,17-16-,29-13+/t28-,30+,32+,33+,35-,38+/m1/s1. The zero-order valence-corrected chi connectivity index (χ0v) is 30.0. The Kier molecular flexibility index (Phi) is 14.8. The normalized spacial score (nSPS) is 31.4. The molecule has 3 heterocycles. The molecule has 274 valence electrons. The smallest absolute Gasteiger partial charge is 0.410 e. The second kappa shape index (κ2) is 18.7. The Hall–Kier alpha value is -3.15. The molecule has 0 radical (unpaired) electrons. The number of hydrogen-bond acceptors (Lipinski definition) is 9. The van der Waals surface area contributed by atoms with E-state index in [2.05, 4.69) is 4.90 Å². The summed E-state index contributed by atoms with van der Waals surface area (Å²) >= 11 is 0. The highest BCUT2D eigenvalue weighted by atomic mass is 16.6. The van der Waals surface area contributed by atoms with Crippen molar-refractivity contribution in [3.8, 4) is 0 Å². The summed E-state index contributed by atoms with van der Waals surface area (Å²) in [5, 5.41) is 22.2. The van der Waals surface area contributed by atoms with Gasteiger partial charge in [-0.2, -0.15) is 0 Å². The third kappa shape index (κ3) is 12.0. The minimum Gasteiger partial charge on any atom is -0.457 e. The van der Waals surface area contributed by atoms with Gasteiger partial charge in [-0.1, -0.05) is 76.0 Å². The van der Waals surface area contributed by atoms with E-state index in [1.54, 1.807) is 22.8 Å². The average Bonchev–Trinajstić information content (AvgIpc) is 3.49. The Labute approximate surface area is 292 Å².